The molecule has 2 atom stereocenters. The quantitative estimate of drug-likeness (QED) is 0.415. The van der Waals surface area contributed by atoms with Crippen LogP contribution in [0.5, 0.6) is 11.8 Å². The molecule has 3 heterocycles. The molecule has 3 aromatic rings. The van der Waals surface area contributed by atoms with E-state index in [0.717, 1.165) is 36.7 Å². The van der Waals surface area contributed by atoms with E-state index in [9.17, 15) is 10.1 Å². The van der Waals surface area contributed by atoms with E-state index in [0.29, 0.717) is 49.4 Å². The van der Waals surface area contributed by atoms with Gasteiger partial charge in [-0.2, -0.15) is 15.2 Å². The van der Waals surface area contributed by atoms with Crippen molar-refractivity contribution in [3.05, 3.63) is 48.2 Å². The van der Waals surface area contributed by atoms with Crippen molar-refractivity contribution in [3.63, 3.8) is 0 Å². The number of fused-ring (bicyclic) bond motifs is 1. The van der Waals surface area contributed by atoms with Crippen molar-refractivity contribution < 1.29 is 14.3 Å². The number of anilines is 2. The first-order valence-electron chi connectivity index (χ1n) is 14.0. The fourth-order valence-corrected chi connectivity index (χ4v) is 5.61. The van der Waals surface area contributed by atoms with Crippen LogP contribution in [0.4, 0.5) is 11.5 Å². The number of likely N-dealkylation sites (tertiary alicyclic amines) is 1. The number of rotatable bonds is 9. The van der Waals surface area contributed by atoms with E-state index in [-0.39, 0.29) is 29.7 Å². The lowest BCUT2D eigenvalue weighted by atomic mass is 10.1. The topological polar surface area (TPSA) is 116 Å². The van der Waals surface area contributed by atoms with Crippen molar-refractivity contribution in [2.75, 3.05) is 50.1 Å². The fraction of sp³-hybridized carbons (Fsp3) is 0.467. The molecule has 210 valence electrons. The summed E-state index contributed by atoms with van der Waals surface area (Å²) in [6, 6.07) is 16.4. The Bertz CT molecular complexity index is 1390. The molecule has 2 aliphatic rings. The molecule has 10 nitrogen and oxygen atoms in total. The second-order valence-electron chi connectivity index (χ2n) is 10.6. The standard InChI is InChI=1S/C30H37N7O3/c1-20(2)37-13-6-8-23(37)19-40-30-34-27(17-28(35-30)36-14-12-32-22(18-36)10-11-31)29(38)33-26-16-24(39-3)15-21-7-4-5-9-25(21)26/h4-5,7,9,15-17,20,22-23,32H,6,8,10,12-14,18-19H2,1-3H3,(H,33,38)/t22-,23-/m0/s1. The molecule has 1 aromatic heterocycles. The normalized spacial score (nSPS) is 19.5. The van der Waals surface area contributed by atoms with Crippen LogP contribution in [0.15, 0.2) is 42.5 Å². The van der Waals surface area contributed by atoms with Crippen molar-refractivity contribution in [2.24, 2.45) is 0 Å². The zero-order valence-electron chi connectivity index (χ0n) is 23.4. The summed E-state index contributed by atoms with van der Waals surface area (Å²) in [7, 11) is 1.60. The highest BCUT2D eigenvalue weighted by Gasteiger charge is 2.28. The van der Waals surface area contributed by atoms with Gasteiger partial charge in [-0.1, -0.05) is 24.3 Å². The summed E-state index contributed by atoms with van der Waals surface area (Å²) < 4.78 is 11.6. The number of carbonyl (C=O) groups is 1. The van der Waals surface area contributed by atoms with Gasteiger partial charge in [0, 0.05) is 55.3 Å². The summed E-state index contributed by atoms with van der Waals surface area (Å²) in [5.41, 5.74) is 0.853. The van der Waals surface area contributed by atoms with E-state index in [1.165, 1.54) is 0 Å². The molecule has 2 aliphatic heterocycles. The van der Waals surface area contributed by atoms with Crippen molar-refractivity contribution in [2.45, 2.75) is 51.2 Å². The Morgan fingerprint density at radius 3 is 2.88 bits per heavy atom. The van der Waals surface area contributed by atoms with Crippen LogP contribution in [0.1, 0.15) is 43.6 Å². The molecule has 0 bridgehead atoms. The van der Waals surface area contributed by atoms with Gasteiger partial charge >= 0.3 is 6.01 Å². The van der Waals surface area contributed by atoms with Crippen molar-refractivity contribution in [3.8, 4) is 17.8 Å². The highest BCUT2D eigenvalue weighted by molar-refractivity contribution is 6.09. The van der Waals surface area contributed by atoms with Gasteiger partial charge in [-0.05, 0) is 44.7 Å². The van der Waals surface area contributed by atoms with E-state index >= 15 is 0 Å². The summed E-state index contributed by atoms with van der Waals surface area (Å²) >= 11 is 0. The van der Waals surface area contributed by atoms with Gasteiger partial charge in [0.05, 0.1) is 25.3 Å². The number of nitriles is 1. The number of carbonyl (C=O) groups excluding carboxylic acids is 1. The van der Waals surface area contributed by atoms with Crippen LogP contribution >= 0.6 is 0 Å². The van der Waals surface area contributed by atoms with Crippen LogP contribution in [0.3, 0.4) is 0 Å². The molecule has 0 radical (unpaired) electrons. The van der Waals surface area contributed by atoms with Crippen molar-refractivity contribution >= 4 is 28.2 Å². The maximum atomic E-state index is 13.6. The predicted octanol–water partition coefficient (Wildman–Crippen LogP) is 3.83. The number of piperazine rings is 1. The Morgan fingerprint density at radius 2 is 2.08 bits per heavy atom. The Balaban J connectivity index is 1.43. The minimum Gasteiger partial charge on any atom is -0.497 e. The predicted molar refractivity (Wildman–Crippen MR) is 155 cm³/mol. The first-order chi connectivity index (χ1) is 19.4. The number of benzene rings is 2. The Morgan fingerprint density at radius 1 is 1.23 bits per heavy atom. The lowest BCUT2D eigenvalue weighted by Crippen LogP contribution is -2.51. The van der Waals surface area contributed by atoms with E-state index < -0.39 is 0 Å². The van der Waals surface area contributed by atoms with Crippen LogP contribution in [-0.4, -0.2) is 78.8 Å². The third kappa shape index (κ3) is 6.27. The number of aromatic nitrogens is 2. The number of nitrogens with one attached hydrogen (secondary N) is 2. The summed E-state index contributed by atoms with van der Waals surface area (Å²) in [4.78, 5) is 27.4. The van der Waals surface area contributed by atoms with Crippen LogP contribution < -0.4 is 25.0 Å². The van der Waals surface area contributed by atoms with Crippen LogP contribution in [-0.2, 0) is 0 Å². The van der Waals surface area contributed by atoms with Crippen molar-refractivity contribution in [1.29, 1.82) is 5.26 Å². The van der Waals surface area contributed by atoms with Crippen LogP contribution in [0.2, 0.25) is 0 Å². The minimum absolute atomic E-state index is 0.0246. The van der Waals surface area contributed by atoms with Gasteiger partial charge in [0.2, 0.25) is 0 Å². The molecular formula is C30H37N7O3. The SMILES string of the molecule is COc1cc(NC(=O)c2cc(N3CCN[C@@H](CC#N)C3)nc(OC[C@@H]3CCCN3C(C)C)n2)c2ccccc2c1. The Kier molecular flexibility index (Phi) is 8.63. The largest absolute Gasteiger partial charge is 0.497 e. The van der Waals surface area contributed by atoms with Gasteiger partial charge in [-0.15, -0.1) is 0 Å². The molecule has 10 heteroatoms. The molecule has 2 N–H and O–H groups in total. The molecule has 2 saturated heterocycles. The van der Waals surface area contributed by atoms with Gasteiger partial charge < -0.3 is 25.0 Å². The summed E-state index contributed by atoms with van der Waals surface area (Å²) in [6.07, 6.45) is 2.59. The third-order valence-corrected chi connectivity index (χ3v) is 7.65. The monoisotopic (exact) mass is 543 g/mol. The molecular weight excluding hydrogens is 506 g/mol. The zero-order chi connectivity index (χ0) is 28.1. The third-order valence-electron chi connectivity index (χ3n) is 7.65. The molecule has 5 rings (SSSR count). The van der Waals surface area contributed by atoms with Crippen LogP contribution in [0.25, 0.3) is 10.8 Å². The molecule has 2 fully saturated rings. The Hall–Kier alpha value is -3.94. The minimum atomic E-state index is -0.361. The number of hydrogen-bond donors (Lipinski definition) is 2. The Labute approximate surface area is 235 Å². The van der Waals surface area contributed by atoms with E-state index in [4.69, 9.17) is 14.5 Å². The highest BCUT2D eigenvalue weighted by Crippen LogP contribution is 2.30. The van der Waals surface area contributed by atoms with Gasteiger partial charge in [0.25, 0.3) is 5.91 Å². The first-order valence-corrected chi connectivity index (χ1v) is 14.0. The lowest BCUT2D eigenvalue weighted by Gasteiger charge is -2.33. The van der Waals surface area contributed by atoms with E-state index in [1.807, 2.05) is 36.4 Å². The molecule has 2 aromatic carbocycles. The second kappa shape index (κ2) is 12.5. The maximum Gasteiger partial charge on any atom is 0.319 e. The molecule has 40 heavy (non-hydrogen) atoms. The second-order valence-corrected chi connectivity index (χ2v) is 10.6. The molecule has 1 amide bonds. The average molecular weight is 544 g/mol. The molecule has 0 aliphatic carbocycles. The number of amides is 1. The highest BCUT2D eigenvalue weighted by atomic mass is 16.5. The van der Waals surface area contributed by atoms with Gasteiger partial charge in [0.15, 0.2) is 0 Å². The smallest absolute Gasteiger partial charge is 0.319 e. The van der Waals surface area contributed by atoms with E-state index in [2.05, 4.69) is 45.3 Å². The lowest BCUT2D eigenvalue weighted by molar-refractivity contribution is 0.101. The first kappa shape index (κ1) is 27.6. The molecule has 0 spiro atoms. The summed E-state index contributed by atoms with van der Waals surface area (Å²) in [6.45, 7) is 7.93. The van der Waals surface area contributed by atoms with Gasteiger partial charge in [-0.25, -0.2) is 0 Å². The number of hydrogen-bond acceptors (Lipinski definition) is 9. The van der Waals surface area contributed by atoms with Gasteiger partial charge in [0.1, 0.15) is 23.9 Å². The fourth-order valence-electron chi connectivity index (χ4n) is 5.61. The zero-order valence-corrected chi connectivity index (χ0v) is 23.4. The van der Waals surface area contributed by atoms with Gasteiger partial charge in [-0.3, -0.25) is 9.69 Å². The molecule has 0 unspecified atom stereocenters. The summed E-state index contributed by atoms with van der Waals surface area (Å²) in [5.74, 6) is 0.902. The van der Waals surface area contributed by atoms with Crippen molar-refractivity contribution in [1.82, 2.24) is 20.2 Å². The summed E-state index contributed by atoms with van der Waals surface area (Å²) in [5, 5.41) is 17.5. The van der Waals surface area contributed by atoms with E-state index in [1.54, 1.807) is 13.2 Å². The number of ether oxygens (including phenoxy) is 2. The number of nitrogens with zero attached hydrogens (tertiary/aromatic N) is 5. The molecule has 0 saturated carbocycles. The average Bonchev–Trinajstić information content (AvgIpc) is 3.45. The van der Waals surface area contributed by atoms with Crippen LogP contribution in [0, 0.1) is 11.3 Å². The maximum absolute atomic E-state index is 13.6. The number of methoxy groups -OCH3 is 1.